The second kappa shape index (κ2) is 10.2. The fraction of sp³-hybridized carbons (Fsp3) is 0.300. The standard InChI is InChI=1S/C30H29F3N2O4/c1-17(34-28(38)39-29(3,4)5)22-15-14-21(30(31,32)33)16-25(22)20-12-10-19(11-13-20)18(2)35-26(36)23-8-6-7-9-24(23)27(35)37/h6-18H,1-5H3,(H,34,38)/t17-,18-/m1/s1. The second-order valence-corrected chi connectivity index (χ2v) is 10.5. The molecular formula is C30H29F3N2O4. The van der Waals surface area contributed by atoms with Gasteiger partial charge in [-0.2, -0.15) is 13.2 Å². The summed E-state index contributed by atoms with van der Waals surface area (Å²) in [6, 6.07) is 15.3. The van der Waals surface area contributed by atoms with E-state index in [0.717, 1.165) is 12.1 Å². The third-order valence-corrected chi connectivity index (χ3v) is 6.50. The van der Waals surface area contributed by atoms with Gasteiger partial charge in [0.15, 0.2) is 0 Å². The lowest BCUT2D eigenvalue weighted by atomic mass is 9.92. The second-order valence-electron chi connectivity index (χ2n) is 10.5. The lowest BCUT2D eigenvalue weighted by Crippen LogP contribution is -2.34. The van der Waals surface area contributed by atoms with Crippen LogP contribution in [0.5, 0.6) is 0 Å². The van der Waals surface area contributed by atoms with Crippen LogP contribution in [0.2, 0.25) is 0 Å². The average Bonchev–Trinajstić information content (AvgIpc) is 3.11. The van der Waals surface area contributed by atoms with E-state index in [1.54, 1.807) is 83.1 Å². The van der Waals surface area contributed by atoms with Crippen molar-refractivity contribution >= 4 is 17.9 Å². The molecule has 0 fully saturated rings. The molecule has 4 rings (SSSR count). The Morgan fingerprint density at radius 3 is 1.92 bits per heavy atom. The number of ether oxygens (including phenoxy) is 1. The summed E-state index contributed by atoms with van der Waals surface area (Å²) < 4.78 is 46.0. The van der Waals surface area contributed by atoms with Gasteiger partial charge in [-0.3, -0.25) is 14.5 Å². The Labute approximate surface area is 224 Å². The SMILES string of the molecule is C[C@H](c1ccc(-c2cc(C(F)(F)F)ccc2[C@@H](C)NC(=O)OC(C)(C)C)cc1)N1C(=O)c2ccccc2C1=O. The first-order valence-corrected chi connectivity index (χ1v) is 12.5. The molecule has 1 aliphatic rings. The molecule has 0 saturated carbocycles. The zero-order chi connectivity index (χ0) is 28.7. The van der Waals surface area contributed by atoms with Crippen LogP contribution in [0.15, 0.2) is 66.7 Å². The molecule has 1 N–H and O–H groups in total. The first kappa shape index (κ1) is 27.9. The largest absolute Gasteiger partial charge is 0.444 e. The number of nitrogens with one attached hydrogen (secondary N) is 1. The van der Waals surface area contributed by atoms with Crippen LogP contribution in [0.4, 0.5) is 18.0 Å². The minimum absolute atomic E-state index is 0.285. The lowest BCUT2D eigenvalue weighted by Gasteiger charge is -2.24. The van der Waals surface area contributed by atoms with Crippen molar-refractivity contribution in [3.63, 3.8) is 0 Å². The monoisotopic (exact) mass is 538 g/mol. The summed E-state index contributed by atoms with van der Waals surface area (Å²) in [5, 5.41) is 2.68. The molecular weight excluding hydrogens is 509 g/mol. The number of hydrogen-bond acceptors (Lipinski definition) is 4. The molecule has 9 heteroatoms. The van der Waals surface area contributed by atoms with E-state index in [-0.39, 0.29) is 5.56 Å². The van der Waals surface area contributed by atoms with Crippen LogP contribution in [-0.4, -0.2) is 28.4 Å². The minimum Gasteiger partial charge on any atom is -0.444 e. The van der Waals surface area contributed by atoms with Gasteiger partial charge < -0.3 is 10.1 Å². The number of hydrogen-bond donors (Lipinski definition) is 1. The Morgan fingerprint density at radius 2 is 1.41 bits per heavy atom. The van der Waals surface area contributed by atoms with Crippen molar-refractivity contribution in [3.05, 3.63) is 94.5 Å². The predicted octanol–water partition coefficient (Wildman–Crippen LogP) is 7.32. The smallest absolute Gasteiger partial charge is 0.416 e. The molecule has 0 aromatic heterocycles. The van der Waals surface area contributed by atoms with E-state index < -0.39 is 47.3 Å². The Hall–Kier alpha value is -4.14. The number of halogens is 3. The zero-order valence-corrected chi connectivity index (χ0v) is 22.2. The van der Waals surface area contributed by atoms with Crippen LogP contribution in [0.25, 0.3) is 11.1 Å². The summed E-state index contributed by atoms with van der Waals surface area (Å²) in [5.74, 6) is -0.788. The molecule has 3 aromatic carbocycles. The summed E-state index contributed by atoms with van der Waals surface area (Å²) in [6.07, 6.45) is -5.25. The zero-order valence-electron chi connectivity index (χ0n) is 22.2. The third-order valence-electron chi connectivity index (χ3n) is 6.50. The van der Waals surface area contributed by atoms with Gasteiger partial charge in [0, 0.05) is 0 Å². The molecule has 3 aromatic rings. The van der Waals surface area contributed by atoms with Crippen LogP contribution in [-0.2, 0) is 10.9 Å². The van der Waals surface area contributed by atoms with E-state index in [0.29, 0.717) is 27.8 Å². The van der Waals surface area contributed by atoms with Crippen LogP contribution < -0.4 is 5.32 Å². The van der Waals surface area contributed by atoms with Gasteiger partial charge in [0.25, 0.3) is 11.8 Å². The number of benzene rings is 3. The van der Waals surface area contributed by atoms with E-state index in [2.05, 4.69) is 5.32 Å². The highest BCUT2D eigenvalue weighted by Crippen LogP contribution is 2.37. The van der Waals surface area contributed by atoms with E-state index in [1.807, 2.05) is 0 Å². The molecule has 2 atom stereocenters. The van der Waals surface area contributed by atoms with Crippen LogP contribution in [0.1, 0.15) is 84.1 Å². The van der Waals surface area contributed by atoms with E-state index in [1.165, 1.54) is 11.0 Å². The Balaban J connectivity index is 1.65. The van der Waals surface area contributed by atoms with Crippen LogP contribution >= 0.6 is 0 Å². The fourth-order valence-corrected chi connectivity index (χ4v) is 4.57. The van der Waals surface area contributed by atoms with Crippen LogP contribution in [0.3, 0.4) is 0 Å². The highest BCUT2D eigenvalue weighted by Gasteiger charge is 2.38. The third kappa shape index (κ3) is 5.82. The van der Waals surface area contributed by atoms with Gasteiger partial charge in [0.1, 0.15) is 5.60 Å². The number of amides is 3. The van der Waals surface area contributed by atoms with Gasteiger partial charge in [-0.15, -0.1) is 0 Å². The van der Waals surface area contributed by atoms with Gasteiger partial charge in [-0.25, -0.2) is 4.79 Å². The maximum Gasteiger partial charge on any atom is 0.416 e. The Kier molecular flexibility index (Phi) is 7.29. The predicted molar refractivity (Wildman–Crippen MR) is 140 cm³/mol. The van der Waals surface area contributed by atoms with E-state index in [4.69, 9.17) is 4.74 Å². The topological polar surface area (TPSA) is 75.7 Å². The van der Waals surface area contributed by atoms with Gasteiger partial charge in [0.2, 0.25) is 0 Å². The van der Waals surface area contributed by atoms with E-state index >= 15 is 0 Å². The molecule has 0 bridgehead atoms. The molecule has 0 unspecified atom stereocenters. The van der Waals surface area contributed by atoms with Crippen molar-refractivity contribution in [1.29, 1.82) is 0 Å². The number of alkyl halides is 3. The van der Waals surface area contributed by atoms with Gasteiger partial charge in [-0.05, 0) is 81.1 Å². The number of carbonyl (C=O) groups is 3. The van der Waals surface area contributed by atoms with E-state index in [9.17, 15) is 27.6 Å². The molecule has 1 heterocycles. The summed E-state index contributed by atoms with van der Waals surface area (Å²) in [4.78, 5) is 39.3. The van der Waals surface area contributed by atoms with Crippen molar-refractivity contribution in [2.24, 2.45) is 0 Å². The summed E-state index contributed by atoms with van der Waals surface area (Å²) in [6.45, 7) is 8.52. The number of nitrogens with zero attached hydrogens (tertiary/aromatic N) is 1. The van der Waals surface area contributed by atoms with Crippen molar-refractivity contribution in [2.45, 2.75) is 58.5 Å². The number of rotatable bonds is 5. The summed E-state index contributed by atoms with van der Waals surface area (Å²) in [5.41, 5.74) is 0.988. The van der Waals surface area contributed by atoms with Crippen molar-refractivity contribution in [3.8, 4) is 11.1 Å². The number of fused-ring (bicyclic) bond motifs is 1. The average molecular weight is 539 g/mol. The Morgan fingerprint density at radius 1 is 0.846 bits per heavy atom. The fourth-order valence-electron chi connectivity index (χ4n) is 4.57. The first-order valence-electron chi connectivity index (χ1n) is 12.5. The Bertz CT molecular complexity index is 1390. The van der Waals surface area contributed by atoms with Crippen molar-refractivity contribution in [1.82, 2.24) is 10.2 Å². The van der Waals surface area contributed by atoms with Gasteiger partial charge in [0.05, 0.1) is 28.8 Å². The summed E-state index contributed by atoms with van der Waals surface area (Å²) >= 11 is 0. The molecule has 3 amide bonds. The number of imide groups is 1. The maximum atomic E-state index is 13.6. The van der Waals surface area contributed by atoms with Crippen molar-refractivity contribution < 1.29 is 32.3 Å². The maximum absolute atomic E-state index is 13.6. The van der Waals surface area contributed by atoms with Crippen molar-refractivity contribution in [2.75, 3.05) is 0 Å². The highest BCUT2D eigenvalue weighted by molar-refractivity contribution is 6.21. The van der Waals surface area contributed by atoms with Crippen LogP contribution in [0, 0.1) is 0 Å². The minimum atomic E-state index is -4.56. The molecule has 0 saturated heterocycles. The molecule has 0 radical (unpaired) electrons. The molecule has 1 aliphatic heterocycles. The molecule has 0 spiro atoms. The molecule has 39 heavy (non-hydrogen) atoms. The molecule has 6 nitrogen and oxygen atoms in total. The number of carbonyl (C=O) groups excluding carboxylic acids is 3. The molecule has 0 aliphatic carbocycles. The molecule has 204 valence electrons. The number of alkyl carbamates (subject to hydrolysis) is 1. The van der Waals surface area contributed by atoms with Gasteiger partial charge >= 0.3 is 12.3 Å². The van der Waals surface area contributed by atoms with Gasteiger partial charge in [-0.1, -0.05) is 42.5 Å². The highest BCUT2D eigenvalue weighted by atomic mass is 19.4. The summed E-state index contributed by atoms with van der Waals surface area (Å²) in [7, 11) is 0. The normalized spacial score (nSPS) is 15.1. The quantitative estimate of drug-likeness (QED) is 0.346. The first-order chi connectivity index (χ1) is 18.2. The lowest BCUT2D eigenvalue weighted by molar-refractivity contribution is -0.137.